The minimum atomic E-state index is -0.219. The van der Waals surface area contributed by atoms with Crippen molar-refractivity contribution in [2.45, 2.75) is 185 Å². The average Bonchev–Trinajstić information content (AvgIpc) is 3.14. The van der Waals surface area contributed by atoms with Gasteiger partial charge in [-0.05, 0) is 129 Å². The van der Waals surface area contributed by atoms with Crippen LogP contribution in [0, 0.1) is 11.8 Å². The number of nitrogens with two attached hydrogens (primary N) is 1. The van der Waals surface area contributed by atoms with Gasteiger partial charge in [0.25, 0.3) is 0 Å². The fraction of sp³-hybridized carbons (Fsp3) is 0.975. The van der Waals surface area contributed by atoms with Gasteiger partial charge in [0, 0.05) is 82.6 Å². The molecule has 4 saturated carbocycles. The van der Waals surface area contributed by atoms with E-state index in [1.54, 1.807) is 0 Å². The molecule has 0 aromatic carbocycles. The topological polar surface area (TPSA) is 121 Å². The summed E-state index contributed by atoms with van der Waals surface area (Å²) < 4.78 is 11.1. The summed E-state index contributed by atoms with van der Waals surface area (Å²) in [5, 5.41) is 23.0. The second-order valence-electron chi connectivity index (χ2n) is 16.2. The highest BCUT2D eigenvalue weighted by Crippen LogP contribution is 2.31. The lowest BCUT2D eigenvalue weighted by molar-refractivity contribution is -0.122. The van der Waals surface area contributed by atoms with Crippen LogP contribution >= 0.6 is 0 Å². The molecule has 0 unspecified atom stereocenters. The quantitative estimate of drug-likeness (QED) is 0.238. The lowest BCUT2D eigenvalue weighted by Gasteiger charge is -2.42. The Bertz CT molecular complexity index is 853. The van der Waals surface area contributed by atoms with E-state index in [9.17, 15) is 9.90 Å². The first-order valence-electron chi connectivity index (χ1n) is 20.9. The summed E-state index contributed by atoms with van der Waals surface area (Å²) in [5.41, 5.74) is 5.53. The molecule has 2 saturated heterocycles. The molecular formula is C40H76N4O5. The Labute approximate surface area is 299 Å². The Morgan fingerprint density at radius 2 is 1.10 bits per heavy atom. The molecule has 6 aliphatic rings. The maximum absolute atomic E-state index is 11.2. The Hall–Kier alpha value is -0.650. The van der Waals surface area contributed by atoms with Crippen molar-refractivity contribution in [1.29, 1.82) is 0 Å². The molecule has 0 aromatic heterocycles. The first-order valence-corrected chi connectivity index (χ1v) is 20.9. The number of ether oxygens (including phenoxy) is 2. The number of piperidine rings is 2. The van der Waals surface area contributed by atoms with Crippen LogP contribution in [-0.4, -0.2) is 121 Å². The lowest BCUT2D eigenvalue weighted by atomic mass is 9.84. The molecule has 5 N–H and O–H groups in total. The highest BCUT2D eigenvalue weighted by atomic mass is 16.5. The average molecular weight is 693 g/mol. The van der Waals surface area contributed by atoms with Crippen LogP contribution in [0.25, 0.3) is 0 Å². The van der Waals surface area contributed by atoms with Gasteiger partial charge in [-0.25, -0.2) is 0 Å². The number of aliphatic hydroxyl groups excluding tert-OH is 2. The maximum Gasteiger partial charge on any atom is 0.135 e. The Morgan fingerprint density at radius 3 is 1.55 bits per heavy atom. The largest absolute Gasteiger partial charge is 0.392 e. The Balaban J connectivity index is 0.000000187. The molecule has 9 heteroatoms. The van der Waals surface area contributed by atoms with Crippen LogP contribution in [-0.2, 0) is 14.3 Å². The summed E-state index contributed by atoms with van der Waals surface area (Å²) in [7, 11) is 0. The number of nitrogens with one attached hydrogen (secondary N) is 1. The molecule has 4 atom stereocenters. The monoisotopic (exact) mass is 693 g/mol. The summed E-state index contributed by atoms with van der Waals surface area (Å²) in [4.78, 5) is 16.5. The van der Waals surface area contributed by atoms with E-state index in [2.05, 4.69) is 29.0 Å². The van der Waals surface area contributed by atoms with E-state index in [-0.39, 0.29) is 18.2 Å². The number of hydrogen-bond donors (Lipinski definition) is 4. The normalized spacial score (nSPS) is 35.5. The van der Waals surface area contributed by atoms with Gasteiger partial charge in [-0.2, -0.15) is 0 Å². The molecule has 4 aliphatic carbocycles. The number of carbonyl (C=O) groups is 1. The van der Waals surface area contributed by atoms with E-state index in [1.165, 1.54) is 96.6 Å². The third-order valence-electron chi connectivity index (χ3n) is 12.6. The number of hydrogen-bond acceptors (Lipinski definition) is 9. The summed E-state index contributed by atoms with van der Waals surface area (Å²) in [5.74, 6) is 2.03. The molecule has 49 heavy (non-hydrogen) atoms. The van der Waals surface area contributed by atoms with E-state index in [0.29, 0.717) is 17.9 Å². The number of likely N-dealkylation sites (tertiary alicyclic amines) is 2. The van der Waals surface area contributed by atoms with E-state index >= 15 is 0 Å². The molecule has 6 rings (SSSR count). The first kappa shape index (κ1) is 41.1. The van der Waals surface area contributed by atoms with Crippen LogP contribution in [0.2, 0.25) is 0 Å². The molecule has 9 nitrogen and oxygen atoms in total. The molecule has 2 heterocycles. The van der Waals surface area contributed by atoms with Gasteiger partial charge in [-0.1, -0.05) is 25.7 Å². The maximum atomic E-state index is 11.2. The highest BCUT2D eigenvalue weighted by Gasteiger charge is 2.32. The fourth-order valence-electron chi connectivity index (χ4n) is 9.24. The zero-order valence-electron chi connectivity index (χ0n) is 31.6. The van der Waals surface area contributed by atoms with Crippen LogP contribution in [0.4, 0.5) is 0 Å². The molecule has 0 amide bonds. The second-order valence-corrected chi connectivity index (χ2v) is 16.2. The predicted molar refractivity (Wildman–Crippen MR) is 199 cm³/mol. The number of carbonyl (C=O) groups excluding carboxylic acids is 1. The van der Waals surface area contributed by atoms with Gasteiger partial charge in [-0.3, -0.25) is 9.69 Å². The van der Waals surface area contributed by atoms with Crippen LogP contribution in [0.1, 0.15) is 142 Å². The molecule has 0 bridgehead atoms. The number of aliphatic hydroxyl groups is 2. The summed E-state index contributed by atoms with van der Waals surface area (Å²) >= 11 is 0. The van der Waals surface area contributed by atoms with Gasteiger partial charge in [0.05, 0.1) is 12.2 Å². The second kappa shape index (κ2) is 23.1. The molecule has 286 valence electrons. The first-order chi connectivity index (χ1) is 23.9. The Morgan fingerprint density at radius 1 is 0.633 bits per heavy atom. The van der Waals surface area contributed by atoms with Crippen LogP contribution in [0.15, 0.2) is 0 Å². The standard InChI is InChI=1S/C20H38N2O2.C14H25NO2.C6H13NO/c1-2-24-15-16-7-9-18(10-8-16)22-13-11-17(12-14-22)21-19-5-3-4-6-20(19)23;1-2-17-11-12-3-5-13(6-4-12)15-9-7-14(16)8-10-15;7-5-3-1-2-4-6(5)8/h16-21,23H,2-15H2,1H3;12-13H,2-11H2,1H3;5-6,8H,1-4,7H2/t16?,18?,19-,20+;;5-,6+/m1.1/s1. The zero-order chi connectivity index (χ0) is 34.8. The van der Waals surface area contributed by atoms with Crippen LogP contribution in [0.3, 0.4) is 0 Å². The number of Topliss-reactive ketones (excluding diaryl/α,β-unsaturated/α-hetero) is 1. The predicted octanol–water partition coefficient (Wildman–Crippen LogP) is 5.43. The lowest BCUT2D eigenvalue weighted by Crippen LogP contribution is -2.52. The molecular weight excluding hydrogens is 616 g/mol. The van der Waals surface area contributed by atoms with Gasteiger partial charge < -0.3 is 35.6 Å². The summed E-state index contributed by atoms with van der Waals surface area (Å²) in [6.07, 6.45) is 23.2. The molecule has 0 aromatic rings. The Kier molecular flexibility index (Phi) is 19.4. The van der Waals surface area contributed by atoms with Crippen molar-refractivity contribution in [3.63, 3.8) is 0 Å². The highest BCUT2D eigenvalue weighted by molar-refractivity contribution is 5.79. The van der Waals surface area contributed by atoms with Crippen molar-refractivity contribution in [3.05, 3.63) is 0 Å². The van der Waals surface area contributed by atoms with Crippen molar-refractivity contribution >= 4 is 5.78 Å². The summed E-state index contributed by atoms with van der Waals surface area (Å²) in [6.45, 7) is 12.2. The van der Waals surface area contributed by atoms with Crippen LogP contribution in [0.5, 0.6) is 0 Å². The van der Waals surface area contributed by atoms with Crippen molar-refractivity contribution in [1.82, 2.24) is 15.1 Å². The van der Waals surface area contributed by atoms with Crippen molar-refractivity contribution in [2.24, 2.45) is 17.6 Å². The number of nitrogens with zero attached hydrogens (tertiary/aromatic N) is 2. The number of rotatable bonds is 10. The van der Waals surface area contributed by atoms with Crippen molar-refractivity contribution in [2.75, 3.05) is 52.6 Å². The molecule has 2 aliphatic heterocycles. The molecule has 6 fully saturated rings. The van der Waals surface area contributed by atoms with E-state index in [4.69, 9.17) is 20.3 Å². The van der Waals surface area contributed by atoms with Gasteiger partial charge in [-0.15, -0.1) is 0 Å². The van der Waals surface area contributed by atoms with Crippen LogP contribution < -0.4 is 11.1 Å². The summed E-state index contributed by atoms with van der Waals surface area (Å²) in [6, 6.07) is 2.58. The molecule has 0 radical (unpaired) electrons. The fourth-order valence-corrected chi connectivity index (χ4v) is 9.24. The van der Waals surface area contributed by atoms with Crippen molar-refractivity contribution < 1.29 is 24.5 Å². The van der Waals surface area contributed by atoms with Gasteiger partial charge in [0.1, 0.15) is 5.78 Å². The van der Waals surface area contributed by atoms with Gasteiger partial charge >= 0.3 is 0 Å². The smallest absolute Gasteiger partial charge is 0.135 e. The molecule has 0 spiro atoms. The van der Waals surface area contributed by atoms with Gasteiger partial charge in [0.2, 0.25) is 0 Å². The van der Waals surface area contributed by atoms with E-state index in [0.717, 1.165) is 108 Å². The SMILES string of the molecule is CCOCC1CCC(N2CCC(=O)CC2)CC1.CCOCC1CCC(N2CCC(N[C@@H]3CCCC[C@@H]3O)CC2)CC1.N[C@@H]1CCCC[C@@H]1O. The minimum Gasteiger partial charge on any atom is -0.392 e. The van der Waals surface area contributed by atoms with E-state index < -0.39 is 0 Å². The third-order valence-corrected chi connectivity index (χ3v) is 12.6. The minimum absolute atomic E-state index is 0.0590. The number of ketones is 1. The van der Waals surface area contributed by atoms with Gasteiger partial charge in [0.15, 0.2) is 0 Å². The van der Waals surface area contributed by atoms with Crippen molar-refractivity contribution in [3.8, 4) is 0 Å². The third kappa shape index (κ3) is 14.7. The zero-order valence-corrected chi connectivity index (χ0v) is 31.6. The van der Waals surface area contributed by atoms with E-state index in [1.807, 2.05) is 0 Å².